The van der Waals surface area contributed by atoms with E-state index in [-0.39, 0.29) is 11.5 Å². The number of fused-ring (bicyclic) bond motifs is 1. The van der Waals surface area contributed by atoms with Crippen LogP contribution in [0.3, 0.4) is 0 Å². The van der Waals surface area contributed by atoms with Gasteiger partial charge in [0.1, 0.15) is 11.6 Å². The summed E-state index contributed by atoms with van der Waals surface area (Å²) in [4.78, 5) is 17.3. The van der Waals surface area contributed by atoms with Gasteiger partial charge in [-0.25, -0.2) is 0 Å². The summed E-state index contributed by atoms with van der Waals surface area (Å²) in [6, 6.07) is 29.1. The Hall–Kier alpha value is -4.30. The first kappa shape index (κ1) is 22.5. The molecule has 4 aromatic rings. The number of anilines is 1. The summed E-state index contributed by atoms with van der Waals surface area (Å²) in [5.41, 5.74) is 5.37. The third-order valence-corrected chi connectivity index (χ3v) is 6.80. The molecule has 1 aliphatic heterocycles. The highest BCUT2D eigenvalue weighted by atomic mass is 16.2. The first-order chi connectivity index (χ1) is 17.0. The molecule has 1 amide bonds. The van der Waals surface area contributed by atoms with E-state index >= 15 is 0 Å². The minimum atomic E-state index is -0.198. The van der Waals surface area contributed by atoms with Gasteiger partial charge < -0.3 is 14.4 Å². The maximum Gasteiger partial charge on any atom is 0.264 e. The van der Waals surface area contributed by atoms with Gasteiger partial charge in [0.25, 0.3) is 5.91 Å². The lowest BCUT2D eigenvalue weighted by atomic mass is 10.1. The Morgan fingerprint density at radius 1 is 0.829 bits per heavy atom. The molecule has 3 aromatic carbocycles. The van der Waals surface area contributed by atoms with Gasteiger partial charge in [0.15, 0.2) is 0 Å². The van der Waals surface area contributed by atoms with Crippen molar-refractivity contribution >= 4 is 28.4 Å². The Labute approximate surface area is 206 Å². The van der Waals surface area contributed by atoms with Crippen LogP contribution >= 0.6 is 0 Å². The first-order valence-electron chi connectivity index (χ1n) is 11.9. The van der Waals surface area contributed by atoms with Crippen LogP contribution in [0.5, 0.6) is 0 Å². The normalized spacial score (nSPS) is 14.3. The van der Waals surface area contributed by atoms with Crippen molar-refractivity contribution in [3.63, 3.8) is 0 Å². The zero-order valence-corrected chi connectivity index (χ0v) is 20.1. The van der Waals surface area contributed by atoms with E-state index in [2.05, 4.69) is 64.9 Å². The maximum absolute atomic E-state index is 13.2. The summed E-state index contributed by atoms with van der Waals surface area (Å²) in [5.74, 6) is -0.198. The van der Waals surface area contributed by atoms with Crippen LogP contribution in [-0.2, 0) is 4.79 Å². The molecule has 0 N–H and O–H groups in total. The number of piperazine rings is 1. The average molecular weight is 461 g/mol. The summed E-state index contributed by atoms with van der Waals surface area (Å²) < 4.78 is 2.18. The van der Waals surface area contributed by atoms with Crippen molar-refractivity contribution in [1.82, 2.24) is 9.47 Å². The Kier molecular flexibility index (Phi) is 6.12. The van der Waals surface area contributed by atoms with Gasteiger partial charge in [0.2, 0.25) is 0 Å². The van der Waals surface area contributed by atoms with Crippen molar-refractivity contribution in [2.24, 2.45) is 0 Å². The van der Waals surface area contributed by atoms with E-state index in [1.807, 2.05) is 43.3 Å². The molecule has 1 fully saturated rings. The molecule has 174 valence electrons. The topological polar surface area (TPSA) is 52.3 Å². The van der Waals surface area contributed by atoms with E-state index in [0.29, 0.717) is 13.1 Å². The first-order valence-corrected chi connectivity index (χ1v) is 11.9. The summed E-state index contributed by atoms with van der Waals surface area (Å²) in [6.45, 7) is 6.80. The molecule has 35 heavy (non-hydrogen) atoms. The van der Waals surface area contributed by atoms with Crippen molar-refractivity contribution in [3.8, 4) is 11.8 Å². The van der Waals surface area contributed by atoms with Crippen molar-refractivity contribution in [3.05, 3.63) is 101 Å². The molecular weight excluding hydrogens is 432 g/mol. The van der Waals surface area contributed by atoms with Crippen molar-refractivity contribution in [2.45, 2.75) is 13.8 Å². The van der Waals surface area contributed by atoms with Gasteiger partial charge in [-0.1, -0.05) is 48.5 Å². The van der Waals surface area contributed by atoms with Gasteiger partial charge in [-0.05, 0) is 66.6 Å². The van der Waals surface area contributed by atoms with Crippen molar-refractivity contribution < 1.29 is 4.79 Å². The molecule has 5 nitrogen and oxygen atoms in total. The molecule has 5 heteroatoms. The van der Waals surface area contributed by atoms with E-state index in [0.717, 1.165) is 41.4 Å². The molecule has 0 saturated carbocycles. The molecule has 0 spiro atoms. The van der Waals surface area contributed by atoms with E-state index in [1.54, 1.807) is 11.0 Å². The third kappa shape index (κ3) is 4.43. The van der Waals surface area contributed by atoms with Crippen LogP contribution in [0.4, 0.5) is 5.69 Å². The minimum absolute atomic E-state index is 0.178. The molecule has 1 saturated heterocycles. The fraction of sp³-hybridized carbons (Fsp3) is 0.200. The van der Waals surface area contributed by atoms with Crippen LogP contribution in [0.1, 0.15) is 17.0 Å². The highest BCUT2D eigenvalue weighted by Crippen LogP contribution is 2.26. The average Bonchev–Trinajstić information content (AvgIpc) is 3.19. The number of carbonyl (C=O) groups excluding carboxylic acids is 1. The lowest BCUT2D eigenvalue weighted by Crippen LogP contribution is -2.49. The van der Waals surface area contributed by atoms with E-state index < -0.39 is 0 Å². The van der Waals surface area contributed by atoms with E-state index in [9.17, 15) is 10.1 Å². The van der Waals surface area contributed by atoms with E-state index in [1.165, 1.54) is 10.8 Å². The molecule has 0 bridgehead atoms. The van der Waals surface area contributed by atoms with Gasteiger partial charge >= 0.3 is 0 Å². The maximum atomic E-state index is 13.2. The largest absolute Gasteiger partial charge is 0.368 e. The zero-order valence-electron chi connectivity index (χ0n) is 20.1. The van der Waals surface area contributed by atoms with Crippen LogP contribution in [-0.4, -0.2) is 41.6 Å². The number of hydrogen-bond acceptors (Lipinski definition) is 3. The Bertz CT molecular complexity index is 1450. The number of aryl methyl sites for hydroxylation is 1. The number of rotatable bonds is 4. The standard InChI is InChI=1S/C30H28N4O/c1-22-18-26(23(2)34(22)29-13-12-24-8-6-7-9-25(24)20-29)19-27(21-31)30(35)33-16-14-32(15-17-33)28-10-4-3-5-11-28/h3-13,18-20H,14-17H2,1-2H3/b27-19-. The number of amides is 1. The van der Waals surface area contributed by atoms with Gasteiger partial charge in [-0.3, -0.25) is 4.79 Å². The molecule has 0 unspecified atom stereocenters. The Morgan fingerprint density at radius 2 is 1.51 bits per heavy atom. The fourth-order valence-electron chi connectivity index (χ4n) is 4.92. The number of benzene rings is 3. The molecule has 1 aliphatic rings. The molecular formula is C30H28N4O. The predicted molar refractivity (Wildman–Crippen MR) is 142 cm³/mol. The Balaban J connectivity index is 1.37. The second-order valence-electron chi connectivity index (χ2n) is 8.98. The molecule has 5 rings (SSSR count). The number of nitriles is 1. The fourth-order valence-corrected chi connectivity index (χ4v) is 4.92. The van der Waals surface area contributed by atoms with Gasteiger partial charge in [0, 0.05) is 48.9 Å². The second kappa shape index (κ2) is 9.52. The van der Waals surface area contributed by atoms with Crippen LogP contribution in [0.25, 0.3) is 22.5 Å². The smallest absolute Gasteiger partial charge is 0.264 e. The summed E-state index contributed by atoms with van der Waals surface area (Å²) in [7, 11) is 0. The minimum Gasteiger partial charge on any atom is -0.368 e. The summed E-state index contributed by atoms with van der Waals surface area (Å²) in [6.07, 6.45) is 1.74. The van der Waals surface area contributed by atoms with Crippen LogP contribution in [0.2, 0.25) is 0 Å². The molecule has 1 aromatic heterocycles. The number of nitrogens with zero attached hydrogens (tertiary/aromatic N) is 4. The number of aromatic nitrogens is 1. The molecule has 0 radical (unpaired) electrons. The highest BCUT2D eigenvalue weighted by molar-refractivity contribution is 6.02. The molecule has 0 aliphatic carbocycles. The predicted octanol–water partition coefficient (Wildman–Crippen LogP) is 5.50. The summed E-state index contributed by atoms with van der Waals surface area (Å²) in [5, 5.41) is 12.2. The highest BCUT2D eigenvalue weighted by Gasteiger charge is 2.24. The quantitative estimate of drug-likeness (QED) is 0.298. The van der Waals surface area contributed by atoms with Crippen molar-refractivity contribution in [2.75, 3.05) is 31.1 Å². The lowest BCUT2D eigenvalue weighted by molar-refractivity contribution is -0.126. The monoisotopic (exact) mass is 460 g/mol. The van der Waals surface area contributed by atoms with Gasteiger partial charge in [-0.2, -0.15) is 5.26 Å². The van der Waals surface area contributed by atoms with E-state index in [4.69, 9.17) is 0 Å². The Morgan fingerprint density at radius 3 is 2.23 bits per heavy atom. The van der Waals surface area contributed by atoms with Crippen LogP contribution < -0.4 is 4.90 Å². The molecule has 0 atom stereocenters. The summed E-state index contributed by atoms with van der Waals surface area (Å²) >= 11 is 0. The zero-order chi connectivity index (χ0) is 24.4. The van der Waals surface area contributed by atoms with Gasteiger partial charge in [-0.15, -0.1) is 0 Å². The third-order valence-electron chi connectivity index (χ3n) is 6.80. The van der Waals surface area contributed by atoms with Crippen molar-refractivity contribution in [1.29, 1.82) is 5.26 Å². The lowest BCUT2D eigenvalue weighted by Gasteiger charge is -2.36. The SMILES string of the molecule is Cc1cc(/C=C(/C#N)C(=O)N2CCN(c3ccccc3)CC2)c(C)n1-c1ccc2ccccc2c1. The molecule has 2 heterocycles. The number of carbonyl (C=O) groups is 1. The van der Waals surface area contributed by atoms with Crippen LogP contribution in [0, 0.1) is 25.2 Å². The van der Waals surface area contributed by atoms with Gasteiger partial charge in [0.05, 0.1) is 0 Å². The second-order valence-corrected chi connectivity index (χ2v) is 8.98. The van der Waals surface area contributed by atoms with Crippen LogP contribution in [0.15, 0.2) is 84.4 Å². The number of para-hydroxylation sites is 1. The number of hydrogen-bond donors (Lipinski definition) is 0.